The molecule has 0 aromatic rings. The van der Waals surface area contributed by atoms with E-state index >= 15 is 0 Å². The van der Waals surface area contributed by atoms with Crippen molar-refractivity contribution in [1.29, 1.82) is 0 Å². The van der Waals surface area contributed by atoms with Crippen molar-refractivity contribution in [1.82, 2.24) is 0 Å². The van der Waals surface area contributed by atoms with Gasteiger partial charge in [-0.15, -0.1) is 0 Å². The predicted octanol–water partition coefficient (Wildman–Crippen LogP) is -15.9. The van der Waals surface area contributed by atoms with Crippen molar-refractivity contribution >= 4 is 29.1 Å². The van der Waals surface area contributed by atoms with Crippen LogP contribution in [0.25, 0.3) is 0 Å². The Bertz CT molecular complexity index is 17.7. The predicted molar refractivity (Wildman–Crippen MR) is 17.6 cm³/mol. The van der Waals surface area contributed by atoms with E-state index in [0.29, 0.717) is 0 Å². The second-order valence-electron chi connectivity index (χ2n) is 0.143. The van der Waals surface area contributed by atoms with Crippen molar-refractivity contribution in [2.45, 2.75) is 0 Å². The Balaban J connectivity index is -0.00000000300. The van der Waals surface area contributed by atoms with Crippen molar-refractivity contribution in [2.24, 2.45) is 0 Å². The zero-order valence-electron chi connectivity index (χ0n) is 5.60. The molecule has 10 heavy (non-hydrogen) atoms. The third kappa shape index (κ3) is 58.8. The van der Waals surface area contributed by atoms with Crippen LogP contribution in [0.15, 0.2) is 0 Å². The molecule has 0 aromatic carbocycles. The quantitative estimate of drug-likeness (QED) is 0.334. The molecule has 0 radical (unpaired) electrons. The Labute approximate surface area is 225 Å². The molecule has 0 fully saturated rings. The summed E-state index contributed by atoms with van der Waals surface area (Å²) >= 11 is -1.66. The average Bonchev–Trinajstić information content (AvgIpc) is 0.811. The zero-order valence-corrected chi connectivity index (χ0v) is 21.1. The van der Waals surface area contributed by atoms with E-state index in [2.05, 4.69) is 0 Å². The summed E-state index contributed by atoms with van der Waals surface area (Å²) in [4.78, 5) is 0. The average molecular weight is 433 g/mol. The van der Waals surface area contributed by atoms with E-state index in [4.69, 9.17) is 29.1 Å². The summed E-state index contributed by atoms with van der Waals surface area (Å²) < 4.78 is 0. The minimum Gasteiger partial charge on any atom is 1.00 e. The molecule has 54 valence electrons. The molecular weight excluding hydrogens is 433 g/mol. The smallest absolute Gasteiger partial charge is 1.00 e. The second-order valence-corrected chi connectivity index (χ2v) is 7.61. The molecule has 0 bridgehead atoms. The summed E-state index contributed by atoms with van der Waals surface area (Å²) in [6.45, 7) is 0. The molecule has 0 N–H and O–H groups in total. The zero-order chi connectivity index (χ0) is 3.58. The maximum Gasteiger partial charge on any atom is 1.00 e. The van der Waals surface area contributed by atoms with Crippen LogP contribution in [-0.2, 0) is 13.0 Å². The first kappa shape index (κ1) is 43.3. The minimum absolute atomic E-state index is 0. The minimum atomic E-state index is -1.66. The molecule has 0 saturated heterocycles. The maximum atomic E-state index is 4.94. The molecular formula is Cl6K3Rh. The van der Waals surface area contributed by atoms with Gasteiger partial charge in [-0.05, 0) is 0 Å². The van der Waals surface area contributed by atoms with Gasteiger partial charge in [0.15, 0.2) is 0 Å². The van der Waals surface area contributed by atoms with Crippen molar-refractivity contribution in [3.05, 3.63) is 0 Å². The van der Waals surface area contributed by atoms with Gasteiger partial charge in [0.05, 0.1) is 0 Å². The molecule has 0 aliphatic rings. The molecule has 0 unspecified atom stereocenters. The van der Waals surface area contributed by atoms with Crippen molar-refractivity contribution < 1.29 is 204 Å². The SMILES string of the molecule is [Cl-].[Cl-].[Cl-].[Cl][Rh]([Cl])[Cl].[K+].[K+].[K+]. The van der Waals surface area contributed by atoms with Crippen LogP contribution in [0.2, 0.25) is 0 Å². The Hall–Kier alpha value is 7.27. The fraction of sp³-hybridized carbons (Fsp3) is 0. The molecule has 0 aromatic heterocycles. The van der Waals surface area contributed by atoms with Gasteiger partial charge in [-0.3, -0.25) is 0 Å². The fourth-order valence-corrected chi connectivity index (χ4v) is 0. The van der Waals surface area contributed by atoms with E-state index in [9.17, 15) is 0 Å². The number of hydrogen-bond donors (Lipinski definition) is 0. The fourth-order valence-electron chi connectivity index (χ4n) is 0. The molecule has 0 heterocycles. The van der Waals surface area contributed by atoms with E-state index in [0.717, 1.165) is 0 Å². The summed E-state index contributed by atoms with van der Waals surface area (Å²) in [6, 6.07) is 0. The van der Waals surface area contributed by atoms with Gasteiger partial charge in [0.25, 0.3) is 0 Å². The van der Waals surface area contributed by atoms with E-state index in [1.54, 1.807) is 0 Å². The van der Waals surface area contributed by atoms with Gasteiger partial charge in [-0.25, -0.2) is 0 Å². The van der Waals surface area contributed by atoms with Crippen LogP contribution in [0.5, 0.6) is 0 Å². The van der Waals surface area contributed by atoms with Gasteiger partial charge in [-0.2, -0.15) is 0 Å². The molecule has 0 amide bonds. The first-order chi connectivity index (χ1) is 1.73. The van der Waals surface area contributed by atoms with Crippen LogP contribution >= 0.6 is 29.1 Å². The Morgan fingerprint density at radius 1 is 0.600 bits per heavy atom. The van der Waals surface area contributed by atoms with Gasteiger partial charge in [-0.1, -0.05) is 0 Å². The van der Waals surface area contributed by atoms with Gasteiger partial charge in [0, 0.05) is 0 Å². The number of hydrogen-bond acceptors (Lipinski definition) is 0. The molecule has 0 atom stereocenters. The molecule has 0 spiro atoms. The van der Waals surface area contributed by atoms with E-state index < -0.39 is 13.0 Å². The second kappa shape index (κ2) is 36.0. The van der Waals surface area contributed by atoms with Crippen LogP contribution in [-0.4, -0.2) is 0 Å². The van der Waals surface area contributed by atoms with E-state index in [1.165, 1.54) is 0 Å². The van der Waals surface area contributed by atoms with E-state index in [-0.39, 0.29) is 191 Å². The molecule has 0 rings (SSSR count). The third-order valence-electron chi connectivity index (χ3n) is 0. The molecule has 0 aliphatic carbocycles. The standard InChI is InChI=1S/6ClH.3K.Rh/h6*1H;;;;/q;;;;;;3*+1;+3/p-6. The van der Waals surface area contributed by atoms with Crippen molar-refractivity contribution in [2.75, 3.05) is 0 Å². The first-order valence-corrected chi connectivity index (χ1v) is 6.71. The number of rotatable bonds is 0. The van der Waals surface area contributed by atoms with Crippen molar-refractivity contribution in [3.8, 4) is 0 Å². The van der Waals surface area contributed by atoms with Crippen LogP contribution < -0.4 is 191 Å². The molecule has 10 heteroatoms. The topological polar surface area (TPSA) is 0 Å². The monoisotopic (exact) mass is 430 g/mol. The van der Waals surface area contributed by atoms with Gasteiger partial charge in [0.2, 0.25) is 0 Å². The normalized spacial score (nSPS) is 4.50. The number of halogens is 6. The summed E-state index contributed by atoms with van der Waals surface area (Å²) in [5.74, 6) is 0. The largest absolute Gasteiger partial charge is 1.00 e. The summed E-state index contributed by atoms with van der Waals surface area (Å²) in [6.07, 6.45) is 0. The third-order valence-corrected chi connectivity index (χ3v) is 0. The Kier molecular flexibility index (Phi) is 156. The Morgan fingerprint density at radius 3 is 0.600 bits per heavy atom. The van der Waals surface area contributed by atoms with Gasteiger partial charge >= 0.3 is 196 Å². The molecule has 0 aliphatic heterocycles. The Morgan fingerprint density at radius 2 is 0.600 bits per heavy atom. The maximum absolute atomic E-state index is 4.94. The van der Waals surface area contributed by atoms with Crippen LogP contribution in [0.3, 0.4) is 0 Å². The van der Waals surface area contributed by atoms with Gasteiger partial charge in [0.1, 0.15) is 0 Å². The summed E-state index contributed by atoms with van der Waals surface area (Å²) in [5, 5.41) is 0. The molecule has 0 nitrogen and oxygen atoms in total. The van der Waals surface area contributed by atoms with Crippen molar-refractivity contribution in [3.63, 3.8) is 0 Å². The molecule has 0 saturated carbocycles. The van der Waals surface area contributed by atoms with Gasteiger partial charge < -0.3 is 37.2 Å². The van der Waals surface area contributed by atoms with E-state index in [1.807, 2.05) is 0 Å². The van der Waals surface area contributed by atoms with Crippen LogP contribution in [0.1, 0.15) is 0 Å². The van der Waals surface area contributed by atoms with Crippen LogP contribution in [0, 0.1) is 0 Å². The van der Waals surface area contributed by atoms with Crippen LogP contribution in [0.4, 0.5) is 0 Å². The summed E-state index contributed by atoms with van der Waals surface area (Å²) in [7, 11) is 14.8. The first-order valence-electron chi connectivity index (χ1n) is 0.378. The summed E-state index contributed by atoms with van der Waals surface area (Å²) in [5.41, 5.74) is 0.